The van der Waals surface area contributed by atoms with Crippen LogP contribution in [0.25, 0.3) is 0 Å². The number of esters is 1. The Morgan fingerprint density at radius 2 is 1.79 bits per heavy atom. The molecule has 0 aliphatic carbocycles. The van der Waals surface area contributed by atoms with E-state index in [0.717, 1.165) is 70.8 Å². The highest BCUT2D eigenvalue weighted by Gasteiger charge is 2.30. The molecule has 0 bridgehead atoms. The van der Waals surface area contributed by atoms with E-state index in [0.29, 0.717) is 18.8 Å². The Balaban J connectivity index is 1.57. The molecule has 0 aromatic heterocycles. The minimum Gasteiger partial charge on any atom is -0.469 e. The normalized spacial score (nSPS) is 17.8. The van der Waals surface area contributed by atoms with Crippen LogP contribution in [0.15, 0.2) is 30.3 Å². The number of benzene rings is 1. The number of aryl methyl sites for hydroxylation is 1. The summed E-state index contributed by atoms with van der Waals surface area (Å²) in [6.45, 7) is 2.96. The van der Waals surface area contributed by atoms with Crippen molar-refractivity contribution in [3.8, 4) is 0 Å². The number of hydrogen-bond acceptors (Lipinski definition) is 4. The number of aliphatic hydroxyl groups excluding tert-OH is 1. The third kappa shape index (κ3) is 10.7. The van der Waals surface area contributed by atoms with Crippen molar-refractivity contribution in [1.29, 1.82) is 0 Å². The molecule has 186 valence electrons. The fourth-order valence-electron chi connectivity index (χ4n) is 4.86. The minimum atomic E-state index is -0.282. The number of amides is 1. The number of rotatable bonds is 17. The molecule has 1 saturated heterocycles. The van der Waals surface area contributed by atoms with E-state index in [-0.39, 0.29) is 24.0 Å². The van der Waals surface area contributed by atoms with Crippen molar-refractivity contribution in [3.63, 3.8) is 0 Å². The highest BCUT2D eigenvalue weighted by Crippen LogP contribution is 2.26. The number of unbranched alkanes of at least 4 members (excludes halogenated alkanes) is 5. The second-order valence-corrected chi connectivity index (χ2v) is 9.73. The molecule has 0 radical (unpaired) electrons. The van der Waals surface area contributed by atoms with Gasteiger partial charge >= 0.3 is 5.97 Å². The molecule has 1 amide bonds. The molecule has 1 aliphatic rings. The molecule has 1 N–H and O–H groups in total. The van der Waals surface area contributed by atoms with E-state index in [4.69, 9.17) is 0 Å². The van der Waals surface area contributed by atoms with Crippen LogP contribution in [0.4, 0.5) is 0 Å². The van der Waals surface area contributed by atoms with Crippen LogP contribution >= 0.6 is 0 Å². The number of likely N-dealkylation sites (tertiary alicyclic amines) is 1. The first kappa shape index (κ1) is 27.4. The van der Waals surface area contributed by atoms with Crippen LogP contribution in [-0.4, -0.2) is 47.7 Å². The molecule has 1 aromatic rings. The topological polar surface area (TPSA) is 66.8 Å². The average molecular weight is 460 g/mol. The van der Waals surface area contributed by atoms with Crippen LogP contribution in [0, 0.1) is 5.92 Å². The zero-order valence-corrected chi connectivity index (χ0v) is 20.8. The second-order valence-electron chi connectivity index (χ2n) is 9.73. The zero-order valence-electron chi connectivity index (χ0n) is 20.8. The van der Waals surface area contributed by atoms with Gasteiger partial charge in [-0.05, 0) is 62.8 Å². The molecule has 1 aromatic carbocycles. The maximum absolute atomic E-state index is 12.3. The van der Waals surface area contributed by atoms with Crippen molar-refractivity contribution in [2.24, 2.45) is 5.92 Å². The lowest BCUT2D eigenvalue weighted by atomic mass is 9.92. The predicted molar refractivity (Wildman–Crippen MR) is 133 cm³/mol. The minimum absolute atomic E-state index is 0.148. The third-order valence-corrected chi connectivity index (χ3v) is 7.13. The first-order valence-corrected chi connectivity index (χ1v) is 13.1. The summed E-state index contributed by atoms with van der Waals surface area (Å²) >= 11 is 0. The molecule has 5 nitrogen and oxygen atoms in total. The summed E-state index contributed by atoms with van der Waals surface area (Å²) in [4.78, 5) is 25.5. The van der Waals surface area contributed by atoms with Gasteiger partial charge in [-0.25, -0.2) is 0 Å². The number of carbonyl (C=O) groups excluding carboxylic acids is 2. The molecule has 0 unspecified atom stereocenters. The number of methoxy groups -OCH3 is 1. The maximum atomic E-state index is 12.3. The highest BCUT2D eigenvalue weighted by molar-refractivity contribution is 5.78. The predicted octanol–water partition coefficient (Wildman–Crippen LogP) is 5.68. The van der Waals surface area contributed by atoms with Crippen molar-refractivity contribution in [2.75, 3.05) is 13.7 Å². The van der Waals surface area contributed by atoms with Crippen LogP contribution in [0.1, 0.15) is 96.0 Å². The quantitative estimate of drug-likeness (QED) is 0.240. The Morgan fingerprint density at radius 1 is 1.06 bits per heavy atom. The van der Waals surface area contributed by atoms with Gasteiger partial charge in [0.2, 0.25) is 5.91 Å². The number of ether oxygens (including phenoxy) is 1. The highest BCUT2D eigenvalue weighted by atomic mass is 16.5. The third-order valence-electron chi connectivity index (χ3n) is 7.13. The average Bonchev–Trinajstić information content (AvgIpc) is 3.18. The number of nitrogens with zero attached hydrogens (tertiary/aromatic N) is 1. The fraction of sp³-hybridized carbons (Fsp3) is 0.714. The second kappa shape index (κ2) is 15.9. The zero-order chi connectivity index (χ0) is 23.9. The van der Waals surface area contributed by atoms with Crippen LogP contribution in [0.2, 0.25) is 0 Å². The molecule has 1 aliphatic heterocycles. The lowest BCUT2D eigenvalue weighted by Gasteiger charge is -2.27. The molecule has 0 saturated carbocycles. The molecule has 0 spiro atoms. The monoisotopic (exact) mass is 459 g/mol. The smallest absolute Gasteiger partial charge is 0.305 e. The lowest BCUT2D eigenvalue weighted by Crippen LogP contribution is -2.35. The van der Waals surface area contributed by atoms with Gasteiger partial charge in [-0.15, -0.1) is 0 Å². The summed E-state index contributed by atoms with van der Waals surface area (Å²) in [5.74, 6) is 0.419. The van der Waals surface area contributed by atoms with E-state index in [9.17, 15) is 14.7 Å². The largest absolute Gasteiger partial charge is 0.469 e. The Bertz CT molecular complexity index is 678. The van der Waals surface area contributed by atoms with Crippen LogP contribution in [0.3, 0.4) is 0 Å². The molecule has 1 heterocycles. The lowest BCUT2D eigenvalue weighted by molar-refractivity contribution is -0.140. The van der Waals surface area contributed by atoms with Gasteiger partial charge in [0.05, 0.1) is 13.2 Å². The van der Waals surface area contributed by atoms with E-state index in [1.807, 2.05) is 4.90 Å². The van der Waals surface area contributed by atoms with E-state index in [2.05, 4.69) is 42.0 Å². The standard InChI is InChI=1S/C28H45NO4/c1-23(13-7-5-8-14-24-15-9-6-10-16-24)26(30)20-18-25-19-21-27(31)29(25)22-12-4-3-11-17-28(32)33-2/h6,9-10,15-16,23,25-26,30H,3-5,7-8,11-14,17-22H2,1-2H3/t23-,25-,26+/m0/s1. The maximum Gasteiger partial charge on any atom is 0.305 e. The molecular formula is C28H45NO4. The van der Waals surface area contributed by atoms with E-state index < -0.39 is 0 Å². The van der Waals surface area contributed by atoms with Gasteiger partial charge in [-0.1, -0.05) is 62.9 Å². The number of hydrogen-bond donors (Lipinski definition) is 1. The molecule has 2 rings (SSSR count). The van der Waals surface area contributed by atoms with Gasteiger partial charge in [0.1, 0.15) is 0 Å². The summed E-state index contributed by atoms with van der Waals surface area (Å²) in [6.07, 6.45) is 13.0. The van der Waals surface area contributed by atoms with Crippen molar-refractivity contribution >= 4 is 11.9 Å². The fourth-order valence-corrected chi connectivity index (χ4v) is 4.86. The van der Waals surface area contributed by atoms with Gasteiger partial charge in [-0.3, -0.25) is 9.59 Å². The van der Waals surface area contributed by atoms with E-state index >= 15 is 0 Å². The Kier molecular flexibility index (Phi) is 13.2. The van der Waals surface area contributed by atoms with Crippen molar-refractivity contribution < 1.29 is 19.4 Å². The summed E-state index contributed by atoms with van der Waals surface area (Å²) in [5.41, 5.74) is 1.41. The first-order chi connectivity index (χ1) is 16.0. The van der Waals surface area contributed by atoms with Crippen LogP contribution in [-0.2, 0) is 20.7 Å². The summed E-state index contributed by atoms with van der Waals surface area (Å²) in [7, 11) is 1.42. The SMILES string of the molecule is COC(=O)CCCCCCN1C(=O)CC[C@@H]1CC[C@@H](O)[C@@H](C)CCCCCc1ccccc1. The number of aliphatic hydroxyl groups is 1. The molecular weight excluding hydrogens is 414 g/mol. The molecule has 5 heteroatoms. The number of carbonyl (C=O) groups is 2. The van der Waals surface area contributed by atoms with Crippen molar-refractivity contribution in [3.05, 3.63) is 35.9 Å². The van der Waals surface area contributed by atoms with Crippen molar-refractivity contribution in [1.82, 2.24) is 4.90 Å². The summed E-state index contributed by atoms with van der Waals surface area (Å²) in [5, 5.41) is 10.7. The van der Waals surface area contributed by atoms with Gasteiger partial charge in [0, 0.05) is 25.4 Å². The van der Waals surface area contributed by atoms with Crippen LogP contribution in [0.5, 0.6) is 0 Å². The Labute approximate surface area is 200 Å². The van der Waals surface area contributed by atoms with E-state index in [1.54, 1.807) is 0 Å². The first-order valence-electron chi connectivity index (χ1n) is 13.1. The Morgan fingerprint density at radius 3 is 2.55 bits per heavy atom. The van der Waals surface area contributed by atoms with Gasteiger partial charge in [0.15, 0.2) is 0 Å². The molecule has 3 atom stereocenters. The molecule has 33 heavy (non-hydrogen) atoms. The van der Waals surface area contributed by atoms with Crippen molar-refractivity contribution in [2.45, 2.75) is 109 Å². The van der Waals surface area contributed by atoms with Gasteiger partial charge < -0.3 is 14.7 Å². The van der Waals surface area contributed by atoms with Gasteiger partial charge in [-0.2, -0.15) is 0 Å². The molecule has 1 fully saturated rings. The Hall–Kier alpha value is -1.88. The summed E-state index contributed by atoms with van der Waals surface area (Å²) in [6, 6.07) is 10.9. The summed E-state index contributed by atoms with van der Waals surface area (Å²) < 4.78 is 4.67. The van der Waals surface area contributed by atoms with E-state index in [1.165, 1.54) is 25.5 Å². The van der Waals surface area contributed by atoms with Crippen LogP contribution < -0.4 is 0 Å². The van der Waals surface area contributed by atoms with Gasteiger partial charge in [0.25, 0.3) is 0 Å².